The standard InChI is InChI=1S/C43H49NO4/c1-43(2,3)37-25-23-30(22-24-33(47-29-31-14-6-4-7-15-31)26-27-46-32-16-8-5-9-17-32)28-36(37)41(42(44)45)40-34-18-10-12-20-38(34)48-39-21-13-11-19-35(39)40/h4,6-7,10-15,18-25,28,32-33,40-41H,5,8-9,16-17,26-27,29H2,1-3H3,(H2,44,45)/b24-22+. The van der Waals surface area contributed by atoms with E-state index >= 15 is 0 Å². The van der Waals surface area contributed by atoms with Crippen molar-refractivity contribution in [1.82, 2.24) is 0 Å². The highest BCUT2D eigenvalue weighted by Crippen LogP contribution is 2.51. The van der Waals surface area contributed by atoms with Crippen LogP contribution in [0.4, 0.5) is 0 Å². The Morgan fingerprint density at radius 2 is 1.52 bits per heavy atom. The van der Waals surface area contributed by atoms with Gasteiger partial charge in [-0.2, -0.15) is 0 Å². The van der Waals surface area contributed by atoms with Gasteiger partial charge in [-0.3, -0.25) is 4.79 Å². The molecular weight excluding hydrogens is 594 g/mol. The van der Waals surface area contributed by atoms with Crippen LogP contribution in [0.1, 0.15) is 105 Å². The molecule has 4 aromatic carbocycles. The van der Waals surface area contributed by atoms with E-state index in [0.717, 1.165) is 64.1 Å². The molecule has 0 aromatic heterocycles. The van der Waals surface area contributed by atoms with Crippen molar-refractivity contribution in [3.05, 3.63) is 137 Å². The quantitative estimate of drug-likeness (QED) is 0.167. The van der Waals surface area contributed by atoms with Gasteiger partial charge >= 0.3 is 0 Å². The maximum absolute atomic E-state index is 13.7. The molecular formula is C43H49NO4. The first-order valence-electron chi connectivity index (χ1n) is 17.5. The Kier molecular flexibility index (Phi) is 10.8. The second kappa shape index (κ2) is 15.4. The molecule has 2 unspecified atom stereocenters. The van der Waals surface area contributed by atoms with Gasteiger partial charge < -0.3 is 19.9 Å². The molecule has 2 aliphatic rings. The molecule has 1 aliphatic carbocycles. The monoisotopic (exact) mass is 643 g/mol. The van der Waals surface area contributed by atoms with Gasteiger partial charge in [0.25, 0.3) is 0 Å². The van der Waals surface area contributed by atoms with E-state index < -0.39 is 5.92 Å². The molecule has 2 N–H and O–H groups in total. The SMILES string of the molecule is CC(C)(C)c1ccc(/C=C/C(CCOC2CCCCC2)OCc2ccccc2)cc1C(C(N)=O)C1c2ccccc2Oc2ccccc21. The van der Waals surface area contributed by atoms with E-state index in [-0.39, 0.29) is 23.3 Å². The van der Waals surface area contributed by atoms with Gasteiger partial charge in [-0.1, -0.05) is 137 Å². The zero-order chi connectivity index (χ0) is 33.5. The van der Waals surface area contributed by atoms with Crippen LogP contribution in [0.25, 0.3) is 6.08 Å². The van der Waals surface area contributed by atoms with Crippen LogP contribution in [0.15, 0.2) is 103 Å². The normalized spacial score (nSPS) is 16.6. The van der Waals surface area contributed by atoms with Crippen LogP contribution in [0.2, 0.25) is 0 Å². The number of rotatable bonds is 12. The lowest BCUT2D eigenvalue weighted by Crippen LogP contribution is -2.31. The van der Waals surface area contributed by atoms with Gasteiger partial charge in [-0.15, -0.1) is 0 Å². The van der Waals surface area contributed by atoms with Gasteiger partial charge in [-0.05, 0) is 52.6 Å². The molecule has 1 heterocycles. The smallest absolute Gasteiger partial charge is 0.225 e. The predicted molar refractivity (Wildman–Crippen MR) is 193 cm³/mol. The Bertz CT molecular complexity index is 1650. The molecule has 2 atom stereocenters. The van der Waals surface area contributed by atoms with Crippen molar-refractivity contribution in [3.63, 3.8) is 0 Å². The summed E-state index contributed by atoms with van der Waals surface area (Å²) in [4.78, 5) is 13.7. The molecule has 4 aromatic rings. The minimum Gasteiger partial charge on any atom is -0.457 e. The second-order valence-electron chi connectivity index (χ2n) is 14.2. The third kappa shape index (κ3) is 8.08. The van der Waals surface area contributed by atoms with Crippen molar-refractivity contribution in [3.8, 4) is 11.5 Å². The summed E-state index contributed by atoms with van der Waals surface area (Å²) in [6.45, 7) is 7.75. The van der Waals surface area contributed by atoms with Crippen LogP contribution >= 0.6 is 0 Å². The molecule has 1 saturated carbocycles. The third-order valence-electron chi connectivity index (χ3n) is 9.70. The summed E-state index contributed by atoms with van der Waals surface area (Å²) >= 11 is 0. The van der Waals surface area contributed by atoms with E-state index in [4.69, 9.17) is 19.9 Å². The summed E-state index contributed by atoms with van der Waals surface area (Å²) in [5.74, 6) is 0.266. The lowest BCUT2D eigenvalue weighted by molar-refractivity contribution is -0.119. The van der Waals surface area contributed by atoms with E-state index in [9.17, 15) is 4.79 Å². The number of para-hydroxylation sites is 2. The van der Waals surface area contributed by atoms with Gasteiger partial charge in [0, 0.05) is 30.1 Å². The first kappa shape index (κ1) is 33.7. The first-order chi connectivity index (χ1) is 23.3. The fraction of sp³-hybridized carbons (Fsp3) is 0.372. The van der Waals surface area contributed by atoms with Crippen LogP contribution in [0.5, 0.6) is 11.5 Å². The maximum Gasteiger partial charge on any atom is 0.225 e. The van der Waals surface area contributed by atoms with E-state index in [0.29, 0.717) is 19.3 Å². The summed E-state index contributed by atoms with van der Waals surface area (Å²) in [6, 6.07) is 32.7. The average Bonchev–Trinajstić information content (AvgIpc) is 3.09. The molecule has 1 fully saturated rings. The number of carbonyl (C=O) groups is 1. The molecule has 5 heteroatoms. The Labute approximate surface area is 286 Å². The van der Waals surface area contributed by atoms with Crippen LogP contribution < -0.4 is 10.5 Å². The Morgan fingerprint density at radius 3 is 2.17 bits per heavy atom. The number of hydrogen-bond donors (Lipinski definition) is 1. The minimum absolute atomic E-state index is 0.124. The Balaban J connectivity index is 1.33. The molecule has 0 spiro atoms. The van der Waals surface area contributed by atoms with Gasteiger partial charge in [0.15, 0.2) is 0 Å². The van der Waals surface area contributed by atoms with Gasteiger partial charge in [0.05, 0.1) is 24.7 Å². The maximum atomic E-state index is 13.7. The molecule has 1 aliphatic heterocycles. The second-order valence-corrected chi connectivity index (χ2v) is 14.2. The Morgan fingerprint density at radius 1 is 0.875 bits per heavy atom. The van der Waals surface area contributed by atoms with Crippen molar-refractivity contribution in [2.45, 2.75) is 95.4 Å². The van der Waals surface area contributed by atoms with Crippen molar-refractivity contribution in [2.24, 2.45) is 5.73 Å². The fourth-order valence-corrected chi connectivity index (χ4v) is 7.24. The highest BCUT2D eigenvalue weighted by molar-refractivity contribution is 5.86. The fourth-order valence-electron chi connectivity index (χ4n) is 7.24. The summed E-state index contributed by atoms with van der Waals surface area (Å²) < 4.78 is 19.0. The number of fused-ring (bicyclic) bond motifs is 2. The van der Waals surface area contributed by atoms with Crippen LogP contribution in [-0.2, 0) is 26.3 Å². The number of primary amides is 1. The minimum atomic E-state index is -0.604. The molecule has 0 saturated heterocycles. The lowest BCUT2D eigenvalue weighted by atomic mass is 9.70. The van der Waals surface area contributed by atoms with E-state index in [2.05, 4.69) is 75.4 Å². The number of nitrogens with two attached hydrogens (primary N) is 1. The highest BCUT2D eigenvalue weighted by atomic mass is 16.5. The van der Waals surface area contributed by atoms with E-state index in [1.54, 1.807) is 0 Å². The summed E-state index contributed by atoms with van der Waals surface area (Å²) in [7, 11) is 0. The largest absolute Gasteiger partial charge is 0.457 e. The van der Waals surface area contributed by atoms with Crippen LogP contribution in [0.3, 0.4) is 0 Å². The Hall–Kier alpha value is -4.19. The summed E-state index contributed by atoms with van der Waals surface area (Å²) in [6.07, 6.45) is 11.4. The zero-order valence-corrected chi connectivity index (χ0v) is 28.6. The number of benzene rings is 4. The highest BCUT2D eigenvalue weighted by Gasteiger charge is 2.39. The number of hydrogen-bond acceptors (Lipinski definition) is 4. The molecule has 48 heavy (non-hydrogen) atoms. The summed E-state index contributed by atoms with van der Waals surface area (Å²) in [5, 5.41) is 0. The number of ether oxygens (including phenoxy) is 3. The molecule has 250 valence electrons. The van der Waals surface area contributed by atoms with E-state index in [1.165, 1.54) is 19.3 Å². The zero-order valence-electron chi connectivity index (χ0n) is 28.6. The molecule has 6 rings (SSSR count). The van der Waals surface area contributed by atoms with Crippen LogP contribution in [0, 0.1) is 0 Å². The van der Waals surface area contributed by atoms with Crippen molar-refractivity contribution < 1.29 is 19.0 Å². The number of amides is 1. The predicted octanol–water partition coefficient (Wildman–Crippen LogP) is 9.83. The van der Waals surface area contributed by atoms with Gasteiger partial charge in [0.1, 0.15) is 11.5 Å². The van der Waals surface area contributed by atoms with E-state index in [1.807, 2.05) is 54.6 Å². The topological polar surface area (TPSA) is 70.8 Å². The first-order valence-corrected chi connectivity index (χ1v) is 17.5. The van der Waals surface area contributed by atoms with Crippen molar-refractivity contribution in [1.29, 1.82) is 0 Å². The van der Waals surface area contributed by atoms with Crippen molar-refractivity contribution in [2.75, 3.05) is 6.61 Å². The third-order valence-corrected chi connectivity index (χ3v) is 9.70. The lowest BCUT2D eigenvalue weighted by Gasteiger charge is -2.35. The van der Waals surface area contributed by atoms with Gasteiger partial charge in [0.2, 0.25) is 5.91 Å². The molecule has 0 bridgehead atoms. The summed E-state index contributed by atoms with van der Waals surface area (Å²) in [5.41, 5.74) is 12.3. The van der Waals surface area contributed by atoms with Crippen molar-refractivity contribution >= 4 is 12.0 Å². The van der Waals surface area contributed by atoms with Gasteiger partial charge in [-0.25, -0.2) is 0 Å². The molecule has 5 nitrogen and oxygen atoms in total. The molecule has 1 amide bonds. The van der Waals surface area contributed by atoms with Crippen LogP contribution in [-0.4, -0.2) is 24.7 Å². The average molecular weight is 644 g/mol. The molecule has 0 radical (unpaired) electrons. The number of carbonyl (C=O) groups excluding carboxylic acids is 1.